The Hall–Kier alpha value is -2.42. The van der Waals surface area contributed by atoms with Crippen LogP contribution < -0.4 is 10.2 Å². The van der Waals surface area contributed by atoms with Crippen LogP contribution in [0.2, 0.25) is 0 Å². The standard InChI is InChI=1S/C25H36N4O3S/c1-5-27-14-16-28(17-15-27)24-13-12-22(33(31,32)29(6-2)7-3)19-23(24)26-25(30)18-21-10-8-20(4)9-11-21/h8-13,19H,5-7,14-18H2,1-4H3,(H,26,30). The van der Waals surface area contributed by atoms with Crippen molar-refractivity contribution in [2.24, 2.45) is 0 Å². The van der Waals surface area contributed by atoms with Crippen LogP contribution in [0.5, 0.6) is 0 Å². The summed E-state index contributed by atoms with van der Waals surface area (Å²) in [6.07, 6.45) is 0.232. The van der Waals surface area contributed by atoms with Crippen LogP contribution in [-0.4, -0.2) is 69.3 Å². The molecule has 33 heavy (non-hydrogen) atoms. The highest BCUT2D eigenvalue weighted by molar-refractivity contribution is 7.89. The minimum atomic E-state index is -3.63. The molecule has 0 aromatic heterocycles. The molecule has 1 aliphatic heterocycles. The molecule has 0 radical (unpaired) electrons. The van der Waals surface area contributed by atoms with E-state index < -0.39 is 10.0 Å². The summed E-state index contributed by atoms with van der Waals surface area (Å²) in [6.45, 7) is 13.2. The normalized spacial score (nSPS) is 15.1. The summed E-state index contributed by atoms with van der Waals surface area (Å²) in [7, 11) is -3.63. The number of benzene rings is 2. The van der Waals surface area contributed by atoms with E-state index in [-0.39, 0.29) is 17.2 Å². The second-order valence-electron chi connectivity index (χ2n) is 8.40. The smallest absolute Gasteiger partial charge is 0.243 e. The highest BCUT2D eigenvalue weighted by Crippen LogP contribution is 2.31. The van der Waals surface area contributed by atoms with Crippen LogP contribution in [0.15, 0.2) is 47.4 Å². The van der Waals surface area contributed by atoms with Crippen molar-refractivity contribution in [1.29, 1.82) is 0 Å². The summed E-state index contributed by atoms with van der Waals surface area (Å²) >= 11 is 0. The predicted octanol–water partition coefficient (Wildman–Crippen LogP) is 3.35. The maximum absolute atomic E-state index is 13.1. The number of hydrogen-bond donors (Lipinski definition) is 1. The Morgan fingerprint density at radius 3 is 2.18 bits per heavy atom. The van der Waals surface area contributed by atoms with E-state index in [2.05, 4.69) is 22.0 Å². The third-order valence-corrected chi connectivity index (χ3v) is 8.28. The Balaban J connectivity index is 1.90. The van der Waals surface area contributed by atoms with Gasteiger partial charge >= 0.3 is 0 Å². The maximum atomic E-state index is 13.1. The zero-order valence-electron chi connectivity index (χ0n) is 20.2. The first-order chi connectivity index (χ1) is 15.8. The molecule has 1 N–H and O–H groups in total. The van der Waals surface area contributed by atoms with E-state index in [0.29, 0.717) is 18.8 Å². The summed E-state index contributed by atoms with van der Waals surface area (Å²) in [5.74, 6) is -0.162. The van der Waals surface area contributed by atoms with Gasteiger partial charge in [-0.1, -0.05) is 50.6 Å². The number of sulfonamides is 1. The number of hydrogen-bond acceptors (Lipinski definition) is 5. The quantitative estimate of drug-likeness (QED) is 0.606. The molecule has 3 rings (SSSR count). The minimum Gasteiger partial charge on any atom is -0.367 e. The number of carbonyl (C=O) groups excluding carboxylic acids is 1. The Labute approximate surface area is 198 Å². The molecular formula is C25H36N4O3S. The molecule has 1 amide bonds. The average Bonchev–Trinajstić information content (AvgIpc) is 2.81. The summed E-state index contributed by atoms with van der Waals surface area (Å²) in [6, 6.07) is 13.0. The lowest BCUT2D eigenvalue weighted by Crippen LogP contribution is -2.46. The van der Waals surface area contributed by atoms with Gasteiger partial charge in [0, 0.05) is 39.3 Å². The SMILES string of the molecule is CCN1CCN(c2ccc(S(=O)(=O)N(CC)CC)cc2NC(=O)Cc2ccc(C)cc2)CC1. The molecule has 180 valence electrons. The molecule has 0 bridgehead atoms. The molecule has 7 nitrogen and oxygen atoms in total. The van der Waals surface area contributed by atoms with Crippen molar-refractivity contribution in [3.8, 4) is 0 Å². The van der Waals surface area contributed by atoms with Gasteiger partial charge in [-0.2, -0.15) is 4.31 Å². The van der Waals surface area contributed by atoms with Crippen molar-refractivity contribution in [2.75, 3.05) is 56.0 Å². The van der Waals surface area contributed by atoms with Crippen molar-refractivity contribution in [3.05, 3.63) is 53.6 Å². The molecule has 0 unspecified atom stereocenters. The summed E-state index contributed by atoms with van der Waals surface area (Å²) < 4.78 is 27.7. The molecule has 0 atom stereocenters. The largest absolute Gasteiger partial charge is 0.367 e. The van der Waals surface area contributed by atoms with Crippen molar-refractivity contribution in [1.82, 2.24) is 9.21 Å². The van der Waals surface area contributed by atoms with Gasteiger partial charge in [0.15, 0.2) is 0 Å². The zero-order chi connectivity index (χ0) is 24.0. The number of piperazine rings is 1. The number of rotatable bonds is 9. The molecular weight excluding hydrogens is 436 g/mol. The van der Waals surface area contributed by atoms with Crippen molar-refractivity contribution >= 4 is 27.3 Å². The third kappa shape index (κ3) is 6.13. The predicted molar refractivity (Wildman–Crippen MR) is 134 cm³/mol. The van der Waals surface area contributed by atoms with Crippen LogP contribution in [0.25, 0.3) is 0 Å². The Morgan fingerprint density at radius 2 is 1.61 bits per heavy atom. The molecule has 0 saturated carbocycles. The molecule has 1 fully saturated rings. The van der Waals surface area contributed by atoms with E-state index in [0.717, 1.165) is 49.5 Å². The van der Waals surface area contributed by atoms with Crippen molar-refractivity contribution in [3.63, 3.8) is 0 Å². The first-order valence-corrected chi connectivity index (χ1v) is 13.2. The summed E-state index contributed by atoms with van der Waals surface area (Å²) in [5.41, 5.74) is 3.47. The van der Waals surface area contributed by atoms with Gasteiger partial charge in [0.05, 0.1) is 22.7 Å². The first-order valence-electron chi connectivity index (χ1n) is 11.7. The second-order valence-corrected chi connectivity index (χ2v) is 10.3. The lowest BCUT2D eigenvalue weighted by Gasteiger charge is -2.36. The highest BCUT2D eigenvalue weighted by Gasteiger charge is 2.25. The van der Waals surface area contributed by atoms with E-state index in [1.807, 2.05) is 51.1 Å². The number of aryl methyl sites for hydroxylation is 1. The van der Waals surface area contributed by atoms with Gasteiger partial charge in [-0.3, -0.25) is 4.79 Å². The lowest BCUT2D eigenvalue weighted by atomic mass is 10.1. The van der Waals surface area contributed by atoms with E-state index in [1.165, 1.54) is 4.31 Å². The number of likely N-dealkylation sites (N-methyl/N-ethyl adjacent to an activating group) is 1. The minimum absolute atomic E-state index is 0.162. The Kier molecular flexibility index (Phi) is 8.51. The Morgan fingerprint density at radius 1 is 0.970 bits per heavy atom. The van der Waals surface area contributed by atoms with E-state index >= 15 is 0 Å². The van der Waals surface area contributed by atoms with Gasteiger partial charge in [0.1, 0.15) is 0 Å². The van der Waals surface area contributed by atoms with Gasteiger partial charge in [-0.15, -0.1) is 0 Å². The molecule has 2 aromatic carbocycles. The number of nitrogens with one attached hydrogen (secondary N) is 1. The van der Waals surface area contributed by atoms with E-state index in [1.54, 1.807) is 12.1 Å². The van der Waals surface area contributed by atoms with Crippen LogP contribution in [0.1, 0.15) is 31.9 Å². The molecule has 1 heterocycles. The van der Waals surface area contributed by atoms with Gasteiger partial charge in [0.25, 0.3) is 0 Å². The Bertz CT molecular complexity index is 1040. The fourth-order valence-electron chi connectivity index (χ4n) is 4.15. The number of nitrogens with zero attached hydrogens (tertiary/aromatic N) is 3. The van der Waals surface area contributed by atoms with Crippen LogP contribution in [-0.2, 0) is 21.2 Å². The molecule has 1 aliphatic rings. The van der Waals surface area contributed by atoms with E-state index in [4.69, 9.17) is 0 Å². The van der Waals surface area contributed by atoms with Crippen molar-refractivity contribution < 1.29 is 13.2 Å². The van der Waals surface area contributed by atoms with Crippen LogP contribution in [0, 0.1) is 6.92 Å². The van der Waals surface area contributed by atoms with Gasteiger partial charge < -0.3 is 15.1 Å². The fraction of sp³-hybridized carbons (Fsp3) is 0.480. The van der Waals surface area contributed by atoms with Gasteiger partial charge in [-0.25, -0.2) is 8.42 Å². The number of amides is 1. The van der Waals surface area contributed by atoms with Crippen LogP contribution in [0.3, 0.4) is 0 Å². The van der Waals surface area contributed by atoms with Crippen molar-refractivity contribution in [2.45, 2.75) is 39.0 Å². The molecule has 8 heteroatoms. The first kappa shape index (κ1) is 25.2. The van der Waals surface area contributed by atoms with Gasteiger partial charge in [-0.05, 0) is 37.2 Å². The molecule has 0 spiro atoms. The van der Waals surface area contributed by atoms with Gasteiger partial charge in [0.2, 0.25) is 15.9 Å². The topological polar surface area (TPSA) is 73.0 Å². The monoisotopic (exact) mass is 472 g/mol. The lowest BCUT2D eigenvalue weighted by molar-refractivity contribution is -0.115. The zero-order valence-corrected chi connectivity index (χ0v) is 21.0. The summed E-state index contributed by atoms with van der Waals surface area (Å²) in [5, 5.41) is 3.01. The second kappa shape index (κ2) is 11.1. The number of anilines is 2. The average molecular weight is 473 g/mol. The van der Waals surface area contributed by atoms with Crippen LogP contribution in [0.4, 0.5) is 11.4 Å². The molecule has 1 saturated heterocycles. The van der Waals surface area contributed by atoms with E-state index in [9.17, 15) is 13.2 Å². The molecule has 0 aliphatic carbocycles. The summed E-state index contributed by atoms with van der Waals surface area (Å²) in [4.78, 5) is 17.7. The fourth-order valence-corrected chi connectivity index (χ4v) is 5.64. The maximum Gasteiger partial charge on any atom is 0.243 e. The third-order valence-electron chi connectivity index (χ3n) is 6.23. The molecule has 2 aromatic rings. The highest BCUT2D eigenvalue weighted by atomic mass is 32.2. The number of carbonyl (C=O) groups is 1. The van der Waals surface area contributed by atoms with Crippen LogP contribution >= 0.6 is 0 Å².